The molecule has 1 saturated heterocycles. The first-order chi connectivity index (χ1) is 8.29. The molecular formula is C14H18O3. The minimum Gasteiger partial charge on any atom is -0.466 e. The lowest BCUT2D eigenvalue weighted by atomic mass is 10.1. The molecule has 3 heteroatoms. The van der Waals surface area contributed by atoms with E-state index in [2.05, 4.69) is 12.1 Å². The van der Waals surface area contributed by atoms with Gasteiger partial charge in [0.05, 0.1) is 25.2 Å². The number of carbonyl (C=O) groups is 1. The van der Waals surface area contributed by atoms with Gasteiger partial charge in [-0.15, -0.1) is 0 Å². The van der Waals surface area contributed by atoms with E-state index in [1.165, 1.54) is 5.56 Å². The van der Waals surface area contributed by atoms with E-state index in [0.29, 0.717) is 13.0 Å². The minimum absolute atomic E-state index is 0.0132. The molecule has 0 N–H and O–H groups in total. The third-order valence-electron chi connectivity index (χ3n) is 2.98. The summed E-state index contributed by atoms with van der Waals surface area (Å²) in [6.45, 7) is 2.26. The van der Waals surface area contributed by atoms with Gasteiger partial charge in [-0.05, 0) is 25.3 Å². The van der Waals surface area contributed by atoms with Gasteiger partial charge in [-0.1, -0.05) is 30.3 Å². The summed E-state index contributed by atoms with van der Waals surface area (Å²) in [5.74, 6) is -0.161. The van der Waals surface area contributed by atoms with Gasteiger partial charge in [0.15, 0.2) is 0 Å². The van der Waals surface area contributed by atoms with Crippen LogP contribution in [-0.2, 0) is 14.3 Å². The molecule has 1 fully saturated rings. The lowest BCUT2D eigenvalue weighted by Crippen LogP contribution is -2.15. The largest absolute Gasteiger partial charge is 0.466 e. The average molecular weight is 234 g/mol. The molecule has 17 heavy (non-hydrogen) atoms. The maximum absolute atomic E-state index is 11.3. The predicted octanol–water partition coefficient (Wildman–Crippen LogP) is 2.86. The summed E-state index contributed by atoms with van der Waals surface area (Å²) in [6.07, 6.45) is 2.43. The van der Waals surface area contributed by atoms with E-state index in [1.54, 1.807) is 0 Å². The lowest BCUT2D eigenvalue weighted by molar-refractivity contribution is -0.146. The zero-order valence-corrected chi connectivity index (χ0v) is 10.1. The minimum atomic E-state index is -0.161. The van der Waals surface area contributed by atoms with Gasteiger partial charge < -0.3 is 9.47 Å². The fourth-order valence-corrected chi connectivity index (χ4v) is 2.17. The summed E-state index contributed by atoms with van der Waals surface area (Å²) in [4.78, 5) is 11.3. The van der Waals surface area contributed by atoms with Crippen molar-refractivity contribution < 1.29 is 14.3 Å². The molecule has 0 bridgehead atoms. The van der Waals surface area contributed by atoms with Crippen LogP contribution in [0, 0.1) is 0 Å². The second-order valence-electron chi connectivity index (χ2n) is 4.24. The number of hydrogen-bond acceptors (Lipinski definition) is 3. The molecule has 92 valence electrons. The second-order valence-corrected chi connectivity index (χ2v) is 4.24. The molecule has 0 aromatic heterocycles. The first-order valence-electron chi connectivity index (χ1n) is 6.15. The Morgan fingerprint density at radius 3 is 2.82 bits per heavy atom. The zero-order chi connectivity index (χ0) is 12.1. The Bertz CT molecular complexity index is 361. The van der Waals surface area contributed by atoms with Gasteiger partial charge in [-0.25, -0.2) is 0 Å². The van der Waals surface area contributed by atoms with Gasteiger partial charge in [-0.2, -0.15) is 0 Å². The van der Waals surface area contributed by atoms with E-state index in [0.717, 1.165) is 12.8 Å². The molecule has 3 nitrogen and oxygen atoms in total. The summed E-state index contributed by atoms with van der Waals surface area (Å²) in [5.41, 5.74) is 1.19. The summed E-state index contributed by atoms with van der Waals surface area (Å²) in [7, 11) is 0. The Morgan fingerprint density at radius 2 is 2.12 bits per heavy atom. The van der Waals surface area contributed by atoms with Crippen LogP contribution in [0.5, 0.6) is 0 Å². The lowest BCUT2D eigenvalue weighted by Gasteiger charge is -2.13. The zero-order valence-electron chi connectivity index (χ0n) is 10.1. The van der Waals surface area contributed by atoms with Crippen LogP contribution in [0.4, 0.5) is 0 Å². The van der Waals surface area contributed by atoms with Gasteiger partial charge in [0.2, 0.25) is 0 Å². The molecule has 1 aliphatic heterocycles. The average Bonchev–Trinajstić information content (AvgIpc) is 2.79. The van der Waals surface area contributed by atoms with Crippen molar-refractivity contribution in [3.05, 3.63) is 35.9 Å². The van der Waals surface area contributed by atoms with Crippen molar-refractivity contribution in [2.24, 2.45) is 0 Å². The standard InChI is InChI=1S/C14H18O3/c1-2-16-14(15)10-12-8-9-13(17-12)11-6-4-3-5-7-11/h3-7,12-13H,2,8-10H2,1H3/t12-,13+/m1/s1. The smallest absolute Gasteiger partial charge is 0.308 e. The highest BCUT2D eigenvalue weighted by Gasteiger charge is 2.28. The SMILES string of the molecule is CCOC(=O)C[C@H]1CC[C@@H](c2ccccc2)O1. The second kappa shape index (κ2) is 5.82. The highest BCUT2D eigenvalue weighted by Crippen LogP contribution is 2.33. The monoisotopic (exact) mass is 234 g/mol. The number of esters is 1. The Balaban J connectivity index is 1.86. The Kier molecular flexibility index (Phi) is 4.15. The van der Waals surface area contributed by atoms with Crippen molar-refractivity contribution in [2.45, 2.75) is 38.4 Å². The number of ether oxygens (including phenoxy) is 2. The molecular weight excluding hydrogens is 216 g/mol. The predicted molar refractivity (Wildman–Crippen MR) is 64.5 cm³/mol. The van der Waals surface area contributed by atoms with Crippen molar-refractivity contribution in [1.29, 1.82) is 0 Å². The van der Waals surface area contributed by atoms with Crippen molar-refractivity contribution in [2.75, 3.05) is 6.61 Å². The normalized spacial score (nSPS) is 23.6. The van der Waals surface area contributed by atoms with Crippen LogP contribution < -0.4 is 0 Å². The van der Waals surface area contributed by atoms with Crippen LogP contribution in [0.15, 0.2) is 30.3 Å². The first-order valence-corrected chi connectivity index (χ1v) is 6.15. The molecule has 1 aliphatic rings. The highest BCUT2D eigenvalue weighted by molar-refractivity contribution is 5.69. The molecule has 1 heterocycles. The molecule has 1 aromatic carbocycles. The van der Waals surface area contributed by atoms with Crippen LogP contribution in [0.2, 0.25) is 0 Å². The quantitative estimate of drug-likeness (QED) is 0.751. The van der Waals surface area contributed by atoms with E-state index >= 15 is 0 Å². The van der Waals surface area contributed by atoms with Crippen molar-refractivity contribution in [1.82, 2.24) is 0 Å². The highest BCUT2D eigenvalue weighted by atomic mass is 16.5. The molecule has 2 rings (SSSR count). The van der Waals surface area contributed by atoms with Gasteiger partial charge in [0, 0.05) is 0 Å². The summed E-state index contributed by atoms with van der Waals surface area (Å²) in [5, 5.41) is 0. The van der Waals surface area contributed by atoms with E-state index in [9.17, 15) is 4.79 Å². The number of carbonyl (C=O) groups excluding carboxylic acids is 1. The van der Waals surface area contributed by atoms with Gasteiger partial charge in [0.25, 0.3) is 0 Å². The molecule has 0 saturated carbocycles. The topological polar surface area (TPSA) is 35.5 Å². The summed E-state index contributed by atoms with van der Waals surface area (Å²) < 4.78 is 10.8. The van der Waals surface area contributed by atoms with Crippen molar-refractivity contribution in [3.8, 4) is 0 Å². The van der Waals surface area contributed by atoms with Crippen LogP contribution in [0.25, 0.3) is 0 Å². The van der Waals surface area contributed by atoms with E-state index in [-0.39, 0.29) is 18.2 Å². The Morgan fingerprint density at radius 1 is 1.35 bits per heavy atom. The maximum atomic E-state index is 11.3. The Labute approximate surface area is 102 Å². The van der Waals surface area contributed by atoms with Crippen LogP contribution >= 0.6 is 0 Å². The van der Waals surface area contributed by atoms with Gasteiger partial charge in [0.1, 0.15) is 0 Å². The molecule has 2 atom stereocenters. The molecule has 1 aromatic rings. The maximum Gasteiger partial charge on any atom is 0.308 e. The van der Waals surface area contributed by atoms with Crippen molar-refractivity contribution >= 4 is 5.97 Å². The number of hydrogen-bond donors (Lipinski definition) is 0. The molecule has 0 amide bonds. The van der Waals surface area contributed by atoms with E-state index in [4.69, 9.17) is 9.47 Å². The third-order valence-corrected chi connectivity index (χ3v) is 2.98. The molecule has 0 unspecified atom stereocenters. The van der Waals surface area contributed by atoms with Gasteiger partial charge >= 0.3 is 5.97 Å². The van der Waals surface area contributed by atoms with Crippen LogP contribution in [0.1, 0.15) is 37.9 Å². The van der Waals surface area contributed by atoms with Crippen molar-refractivity contribution in [3.63, 3.8) is 0 Å². The molecule has 0 aliphatic carbocycles. The fourth-order valence-electron chi connectivity index (χ4n) is 2.17. The fraction of sp³-hybridized carbons (Fsp3) is 0.500. The van der Waals surface area contributed by atoms with Gasteiger partial charge in [-0.3, -0.25) is 4.79 Å². The molecule has 0 spiro atoms. The Hall–Kier alpha value is -1.35. The summed E-state index contributed by atoms with van der Waals surface area (Å²) in [6, 6.07) is 10.2. The number of benzene rings is 1. The third kappa shape index (κ3) is 3.30. The molecule has 0 radical (unpaired) electrons. The van der Waals surface area contributed by atoms with Crippen LogP contribution in [-0.4, -0.2) is 18.7 Å². The number of rotatable bonds is 4. The first kappa shape index (κ1) is 12.1. The van der Waals surface area contributed by atoms with E-state index < -0.39 is 0 Å². The van der Waals surface area contributed by atoms with E-state index in [1.807, 2.05) is 25.1 Å². The van der Waals surface area contributed by atoms with Crippen LogP contribution in [0.3, 0.4) is 0 Å². The summed E-state index contributed by atoms with van der Waals surface area (Å²) >= 11 is 0.